The highest BCUT2D eigenvalue weighted by molar-refractivity contribution is 7.20. The zero-order chi connectivity index (χ0) is 22.0. The third-order valence-electron chi connectivity index (χ3n) is 5.74. The first-order valence-corrected chi connectivity index (χ1v) is 11.4. The fourth-order valence-electron chi connectivity index (χ4n) is 3.95. The Morgan fingerprint density at radius 2 is 2.06 bits per heavy atom. The lowest BCUT2D eigenvalue weighted by Crippen LogP contribution is -2.47. The van der Waals surface area contributed by atoms with Gasteiger partial charge in [-0.3, -0.25) is 19.6 Å². The second-order valence-corrected chi connectivity index (χ2v) is 8.72. The zero-order valence-electron chi connectivity index (χ0n) is 18.1. The molecule has 1 aliphatic heterocycles. The highest BCUT2D eigenvalue weighted by Gasteiger charge is 2.26. The molecule has 8 nitrogen and oxygen atoms in total. The molecule has 0 bridgehead atoms. The number of pyridine rings is 1. The van der Waals surface area contributed by atoms with Crippen molar-refractivity contribution in [1.82, 2.24) is 24.8 Å². The number of nitrogens with zero attached hydrogens (tertiary/aromatic N) is 4. The molecule has 1 N–H and O–H groups in total. The van der Waals surface area contributed by atoms with Crippen LogP contribution in [-0.4, -0.2) is 63.5 Å². The van der Waals surface area contributed by atoms with Crippen molar-refractivity contribution in [3.63, 3.8) is 0 Å². The zero-order valence-corrected chi connectivity index (χ0v) is 18.9. The number of fused-ring (bicyclic) bond motifs is 1. The summed E-state index contributed by atoms with van der Waals surface area (Å²) in [6, 6.07) is 5.96. The number of hydrogen-bond acceptors (Lipinski definition) is 8. The van der Waals surface area contributed by atoms with Crippen molar-refractivity contribution in [3.05, 3.63) is 56.7 Å². The second-order valence-electron chi connectivity index (χ2n) is 7.72. The van der Waals surface area contributed by atoms with Gasteiger partial charge in [-0.25, -0.2) is 9.78 Å². The van der Waals surface area contributed by atoms with Gasteiger partial charge in [0.05, 0.1) is 23.7 Å². The number of aromatic amines is 1. The molecule has 1 saturated heterocycles. The van der Waals surface area contributed by atoms with E-state index in [1.165, 1.54) is 11.3 Å². The van der Waals surface area contributed by atoms with Crippen molar-refractivity contribution in [3.8, 4) is 0 Å². The van der Waals surface area contributed by atoms with Gasteiger partial charge in [0, 0.05) is 38.9 Å². The molecular weight excluding hydrogens is 414 g/mol. The summed E-state index contributed by atoms with van der Waals surface area (Å²) >= 11 is 1.23. The van der Waals surface area contributed by atoms with Crippen molar-refractivity contribution < 1.29 is 9.53 Å². The molecular formula is C22H27N5O3S. The molecule has 0 saturated carbocycles. The molecule has 164 valence electrons. The Balaban J connectivity index is 1.48. The van der Waals surface area contributed by atoms with Gasteiger partial charge >= 0.3 is 5.97 Å². The van der Waals surface area contributed by atoms with E-state index < -0.39 is 5.97 Å². The lowest BCUT2D eigenvalue weighted by Gasteiger charge is -2.37. The van der Waals surface area contributed by atoms with Crippen molar-refractivity contribution in [2.24, 2.45) is 0 Å². The summed E-state index contributed by atoms with van der Waals surface area (Å²) in [4.78, 5) is 42.8. The van der Waals surface area contributed by atoms with Crippen LogP contribution in [0.1, 0.15) is 46.6 Å². The Morgan fingerprint density at radius 3 is 2.74 bits per heavy atom. The SMILES string of the molecule is CCOC(=O)c1sc2nc(C(C)N3CCN(Cc4ccccn4)CC3)[nH]c(=O)c2c1C. The number of nitrogens with one attached hydrogen (secondary N) is 1. The van der Waals surface area contributed by atoms with Crippen LogP contribution in [0.15, 0.2) is 29.2 Å². The quantitative estimate of drug-likeness (QED) is 0.588. The van der Waals surface area contributed by atoms with Crippen molar-refractivity contribution in [1.29, 1.82) is 0 Å². The average Bonchev–Trinajstić information content (AvgIpc) is 3.11. The average molecular weight is 442 g/mol. The third kappa shape index (κ3) is 4.53. The van der Waals surface area contributed by atoms with E-state index in [4.69, 9.17) is 9.72 Å². The summed E-state index contributed by atoms with van der Waals surface area (Å²) in [5.41, 5.74) is 1.50. The van der Waals surface area contributed by atoms with Gasteiger partial charge in [0.15, 0.2) is 0 Å². The van der Waals surface area contributed by atoms with Gasteiger partial charge in [-0.15, -0.1) is 11.3 Å². The Labute approximate surface area is 184 Å². The van der Waals surface area contributed by atoms with Crippen LogP contribution < -0.4 is 5.56 Å². The summed E-state index contributed by atoms with van der Waals surface area (Å²) in [5.74, 6) is 0.230. The number of carbonyl (C=O) groups is 1. The van der Waals surface area contributed by atoms with Crippen molar-refractivity contribution >= 4 is 27.5 Å². The molecule has 0 amide bonds. The van der Waals surface area contributed by atoms with Gasteiger partial charge in [0.25, 0.3) is 5.56 Å². The molecule has 3 aromatic heterocycles. The molecule has 9 heteroatoms. The molecule has 0 radical (unpaired) electrons. The standard InChI is InChI=1S/C22H27N5O3S/c1-4-30-22(29)18-14(2)17-20(28)24-19(25-21(17)31-18)15(3)27-11-9-26(10-12-27)13-16-7-5-6-8-23-16/h5-8,15H,4,9-13H2,1-3H3,(H,24,25,28). The van der Waals surface area contributed by atoms with E-state index >= 15 is 0 Å². The number of rotatable bonds is 6. The number of thiophene rings is 1. The summed E-state index contributed by atoms with van der Waals surface area (Å²) in [5, 5.41) is 0.476. The minimum atomic E-state index is -0.402. The summed E-state index contributed by atoms with van der Waals surface area (Å²) in [6.07, 6.45) is 1.82. The molecule has 3 aromatic rings. The maximum atomic E-state index is 12.8. The molecule has 4 rings (SSSR count). The van der Waals surface area contributed by atoms with E-state index in [1.54, 1.807) is 13.8 Å². The topological polar surface area (TPSA) is 91.4 Å². The largest absolute Gasteiger partial charge is 0.462 e. The Kier molecular flexibility index (Phi) is 6.45. The Hall–Kier alpha value is -2.62. The van der Waals surface area contributed by atoms with Crippen LogP contribution in [0.2, 0.25) is 0 Å². The van der Waals surface area contributed by atoms with Gasteiger partial charge in [0.1, 0.15) is 15.5 Å². The van der Waals surface area contributed by atoms with E-state index in [1.807, 2.05) is 24.4 Å². The number of ether oxygens (including phenoxy) is 1. The lowest BCUT2D eigenvalue weighted by molar-refractivity contribution is 0.0531. The van der Waals surface area contributed by atoms with Crippen LogP contribution in [0, 0.1) is 6.92 Å². The molecule has 1 fully saturated rings. The van der Waals surface area contributed by atoms with Crippen LogP contribution in [0.5, 0.6) is 0 Å². The smallest absolute Gasteiger partial charge is 0.348 e. The van der Waals surface area contributed by atoms with Crippen LogP contribution in [0.4, 0.5) is 0 Å². The van der Waals surface area contributed by atoms with Gasteiger partial charge in [-0.05, 0) is 38.5 Å². The summed E-state index contributed by atoms with van der Waals surface area (Å²) < 4.78 is 5.12. The molecule has 1 atom stereocenters. The number of carbonyl (C=O) groups excluding carboxylic acids is 1. The number of aromatic nitrogens is 3. The number of hydrogen-bond donors (Lipinski definition) is 1. The summed E-state index contributed by atoms with van der Waals surface area (Å²) in [6.45, 7) is 10.4. The molecule has 0 spiro atoms. The van der Waals surface area contributed by atoms with Crippen LogP contribution in [0.3, 0.4) is 0 Å². The van der Waals surface area contributed by atoms with E-state index in [2.05, 4.69) is 26.7 Å². The molecule has 0 aliphatic carbocycles. The first-order chi connectivity index (χ1) is 15.0. The highest BCUT2D eigenvalue weighted by Crippen LogP contribution is 2.29. The van der Waals surface area contributed by atoms with Crippen LogP contribution in [-0.2, 0) is 11.3 Å². The van der Waals surface area contributed by atoms with Gasteiger partial charge in [-0.2, -0.15) is 0 Å². The Bertz CT molecular complexity index is 1120. The predicted molar refractivity (Wildman–Crippen MR) is 120 cm³/mol. The fourth-order valence-corrected chi connectivity index (χ4v) is 5.03. The molecule has 4 heterocycles. The first kappa shape index (κ1) is 21.6. The molecule has 0 aromatic carbocycles. The number of esters is 1. The maximum absolute atomic E-state index is 12.8. The highest BCUT2D eigenvalue weighted by atomic mass is 32.1. The van der Waals surface area contributed by atoms with Gasteiger partial charge in [0.2, 0.25) is 0 Å². The van der Waals surface area contributed by atoms with E-state index in [-0.39, 0.29) is 11.6 Å². The van der Waals surface area contributed by atoms with E-state index in [9.17, 15) is 9.59 Å². The van der Waals surface area contributed by atoms with Crippen LogP contribution >= 0.6 is 11.3 Å². The van der Waals surface area contributed by atoms with Gasteiger partial charge in [-0.1, -0.05) is 6.07 Å². The maximum Gasteiger partial charge on any atom is 0.348 e. The van der Waals surface area contributed by atoms with E-state index in [0.717, 1.165) is 38.4 Å². The third-order valence-corrected chi connectivity index (χ3v) is 6.91. The normalized spacial score (nSPS) is 16.5. The van der Waals surface area contributed by atoms with Crippen molar-refractivity contribution in [2.45, 2.75) is 33.4 Å². The van der Waals surface area contributed by atoms with E-state index in [0.29, 0.717) is 33.1 Å². The van der Waals surface area contributed by atoms with Crippen LogP contribution in [0.25, 0.3) is 10.2 Å². The lowest BCUT2D eigenvalue weighted by atomic mass is 10.2. The molecule has 31 heavy (non-hydrogen) atoms. The number of H-pyrrole nitrogens is 1. The predicted octanol–water partition coefficient (Wildman–Crippen LogP) is 2.74. The van der Waals surface area contributed by atoms with Gasteiger partial charge < -0.3 is 9.72 Å². The number of piperazine rings is 1. The minimum Gasteiger partial charge on any atom is -0.462 e. The molecule has 1 aliphatic rings. The molecule has 1 unspecified atom stereocenters. The summed E-state index contributed by atoms with van der Waals surface area (Å²) in [7, 11) is 0. The fraction of sp³-hybridized carbons (Fsp3) is 0.455. The Morgan fingerprint density at radius 1 is 1.29 bits per heavy atom. The number of aryl methyl sites for hydroxylation is 1. The first-order valence-electron chi connectivity index (χ1n) is 10.5. The second kappa shape index (κ2) is 9.25. The minimum absolute atomic E-state index is 0.0254. The monoisotopic (exact) mass is 441 g/mol. The van der Waals surface area contributed by atoms with Crippen molar-refractivity contribution in [2.75, 3.05) is 32.8 Å².